The molecular formula is C18H25ClO. The van der Waals surface area contributed by atoms with Crippen molar-refractivity contribution in [3.63, 3.8) is 0 Å². The Bertz CT molecular complexity index is 440. The van der Waals surface area contributed by atoms with Gasteiger partial charge in [0.2, 0.25) is 0 Å². The van der Waals surface area contributed by atoms with E-state index in [-0.39, 0.29) is 0 Å². The molecule has 0 atom stereocenters. The minimum absolute atomic E-state index is 0.536. The molecule has 0 aliphatic rings. The van der Waals surface area contributed by atoms with Gasteiger partial charge in [0, 0.05) is 0 Å². The lowest BCUT2D eigenvalue weighted by Crippen LogP contribution is -1.97. The largest absolute Gasteiger partial charge is 0.492 e. The third-order valence-electron chi connectivity index (χ3n) is 2.28. The average Bonchev–Trinajstić information content (AvgIpc) is 2.49. The first kappa shape index (κ1) is 18.5. The minimum Gasteiger partial charge on any atom is -0.492 e. The summed E-state index contributed by atoms with van der Waals surface area (Å²) in [5.74, 6) is 1.43. The second kappa shape index (κ2) is 12.6. The van der Waals surface area contributed by atoms with Gasteiger partial charge in [-0.1, -0.05) is 61.9 Å². The van der Waals surface area contributed by atoms with E-state index >= 15 is 0 Å². The molecule has 0 aromatic heterocycles. The van der Waals surface area contributed by atoms with E-state index in [1.807, 2.05) is 63.2 Å². The lowest BCUT2D eigenvalue weighted by atomic mass is 10.2. The summed E-state index contributed by atoms with van der Waals surface area (Å²) in [5.41, 5.74) is 2.53. The highest BCUT2D eigenvalue weighted by Gasteiger charge is 1.91. The van der Waals surface area contributed by atoms with Crippen molar-refractivity contribution in [3.8, 4) is 5.75 Å². The molecule has 0 heterocycles. The zero-order valence-corrected chi connectivity index (χ0v) is 13.7. The third-order valence-corrected chi connectivity index (χ3v) is 2.43. The van der Waals surface area contributed by atoms with Crippen LogP contribution in [0.5, 0.6) is 5.75 Å². The summed E-state index contributed by atoms with van der Waals surface area (Å²) >= 11 is 5.47. The van der Waals surface area contributed by atoms with E-state index in [1.165, 1.54) is 11.1 Å². The van der Waals surface area contributed by atoms with Crippen molar-refractivity contribution in [1.82, 2.24) is 0 Å². The number of hydrogen-bond acceptors (Lipinski definition) is 1. The molecule has 0 unspecified atom stereocenters. The normalized spacial score (nSPS) is 8.65. The Morgan fingerprint density at radius 1 is 0.850 bits per heavy atom. The summed E-state index contributed by atoms with van der Waals surface area (Å²) in [6.45, 7) is 8.69. The van der Waals surface area contributed by atoms with Crippen molar-refractivity contribution in [2.45, 2.75) is 27.7 Å². The minimum atomic E-state index is 0.536. The Morgan fingerprint density at radius 2 is 1.45 bits per heavy atom. The van der Waals surface area contributed by atoms with Crippen LogP contribution in [0, 0.1) is 13.8 Å². The molecule has 0 saturated carbocycles. The topological polar surface area (TPSA) is 9.23 Å². The van der Waals surface area contributed by atoms with Crippen molar-refractivity contribution in [1.29, 1.82) is 0 Å². The average molecular weight is 293 g/mol. The highest BCUT2D eigenvalue weighted by molar-refractivity contribution is 6.17. The van der Waals surface area contributed by atoms with Gasteiger partial charge in [0.25, 0.3) is 0 Å². The fraction of sp³-hybridized carbons (Fsp3) is 0.333. The molecule has 0 fully saturated rings. The molecule has 2 rings (SSSR count). The van der Waals surface area contributed by atoms with Crippen LogP contribution < -0.4 is 4.74 Å². The molecule has 0 saturated heterocycles. The van der Waals surface area contributed by atoms with Gasteiger partial charge < -0.3 is 4.74 Å². The van der Waals surface area contributed by atoms with E-state index < -0.39 is 0 Å². The monoisotopic (exact) mass is 292 g/mol. The van der Waals surface area contributed by atoms with Crippen LogP contribution in [0.2, 0.25) is 0 Å². The van der Waals surface area contributed by atoms with Crippen LogP contribution in [0.1, 0.15) is 25.0 Å². The molecule has 0 amide bonds. The first-order valence-corrected chi connectivity index (χ1v) is 7.53. The smallest absolute Gasteiger partial charge is 0.119 e. The zero-order valence-electron chi connectivity index (χ0n) is 12.9. The Kier molecular flexibility index (Phi) is 11.6. The maximum atomic E-state index is 5.47. The van der Waals surface area contributed by atoms with E-state index in [1.54, 1.807) is 0 Å². The highest BCUT2D eigenvalue weighted by atomic mass is 35.5. The maximum absolute atomic E-state index is 5.47. The van der Waals surface area contributed by atoms with E-state index in [9.17, 15) is 0 Å². The van der Waals surface area contributed by atoms with Gasteiger partial charge in [0.05, 0.1) is 5.88 Å². The quantitative estimate of drug-likeness (QED) is 0.666. The second-order valence-electron chi connectivity index (χ2n) is 4.01. The molecule has 0 bridgehead atoms. The van der Waals surface area contributed by atoms with Crippen LogP contribution in [0.3, 0.4) is 0 Å². The third kappa shape index (κ3) is 9.46. The molecule has 2 aromatic carbocycles. The van der Waals surface area contributed by atoms with Crippen LogP contribution in [-0.4, -0.2) is 12.5 Å². The van der Waals surface area contributed by atoms with Crippen molar-refractivity contribution < 1.29 is 4.74 Å². The first-order chi connectivity index (χ1) is 9.72. The van der Waals surface area contributed by atoms with Gasteiger partial charge in [0.1, 0.15) is 12.4 Å². The van der Waals surface area contributed by atoms with Crippen LogP contribution in [0.15, 0.2) is 54.6 Å². The molecule has 2 heteroatoms. The SMILES string of the molecule is CC.Cc1cccc(OCCCl)c1.Cc1ccccc1. The molecule has 0 N–H and O–H groups in total. The van der Waals surface area contributed by atoms with Crippen LogP contribution in [0.4, 0.5) is 0 Å². The molecule has 110 valence electrons. The Balaban J connectivity index is 0.000000345. The van der Waals surface area contributed by atoms with Gasteiger partial charge in [-0.2, -0.15) is 0 Å². The van der Waals surface area contributed by atoms with Gasteiger partial charge in [-0.15, -0.1) is 11.6 Å². The highest BCUT2D eigenvalue weighted by Crippen LogP contribution is 2.11. The summed E-state index contributed by atoms with van der Waals surface area (Å²) < 4.78 is 5.30. The summed E-state index contributed by atoms with van der Waals surface area (Å²) in [6, 6.07) is 18.2. The molecule has 0 spiro atoms. The fourth-order valence-corrected chi connectivity index (χ4v) is 1.47. The summed E-state index contributed by atoms with van der Waals surface area (Å²) in [5, 5.41) is 0. The van der Waals surface area contributed by atoms with E-state index in [4.69, 9.17) is 16.3 Å². The second-order valence-corrected chi connectivity index (χ2v) is 4.39. The van der Waals surface area contributed by atoms with Gasteiger partial charge in [-0.05, 0) is 31.5 Å². The van der Waals surface area contributed by atoms with Gasteiger partial charge >= 0.3 is 0 Å². The maximum Gasteiger partial charge on any atom is 0.119 e. The van der Waals surface area contributed by atoms with E-state index in [0.29, 0.717) is 12.5 Å². The van der Waals surface area contributed by atoms with Crippen LogP contribution in [-0.2, 0) is 0 Å². The molecule has 0 aliphatic carbocycles. The predicted molar refractivity (Wildman–Crippen MR) is 89.9 cm³/mol. The number of benzene rings is 2. The molecule has 0 radical (unpaired) electrons. The first-order valence-electron chi connectivity index (χ1n) is 6.99. The standard InChI is InChI=1S/C9H11ClO.C7H8.C2H6/c1-8-3-2-4-9(7-8)11-6-5-10;1-7-5-3-2-4-6-7;1-2/h2-4,7H,5-6H2,1H3;2-6H,1H3;1-2H3. The number of alkyl halides is 1. The lowest BCUT2D eigenvalue weighted by Gasteiger charge is -2.03. The molecule has 0 aliphatic heterocycles. The summed E-state index contributed by atoms with van der Waals surface area (Å²) in [6.07, 6.45) is 0. The number of hydrogen-bond donors (Lipinski definition) is 0. The van der Waals surface area contributed by atoms with Crippen LogP contribution in [0.25, 0.3) is 0 Å². The lowest BCUT2D eigenvalue weighted by molar-refractivity contribution is 0.342. The van der Waals surface area contributed by atoms with Crippen molar-refractivity contribution >= 4 is 11.6 Å². The van der Waals surface area contributed by atoms with E-state index in [0.717, 1.165) is 5.75 Å². The number of rotatable bonds is 3. The Hall–Kier alpha value is -1.47. The molecular weight excluding hydrogens is 268 g/mol. The van der Waals surface area contributed by atoms with Crippen molar-refractivity contribution in [2.24, 2.45) is 0 Å². The van der Waals surface area contributed by atoms with E-state index in [2.05, 4.69) is 19.1 Å². The van der Waals surface area contributed by atoms with Crippen molar-refractivity contribution in [3.05, 3.63) is 65.7 Å². The van der Waals surface area contributed by atoms with Gasteiger partial charge in [-0.25, -0.2) is 0 Å². The summed E-state index contributed by atoms with van der Waals surface area (Å²) in [4.78, 5) is 0. The molecule has 1 nitrogen and oxygen atoms in total. The summed E-state index contributed by atoms with van der Waals surface area (Å²) in [7, 11) is 0. The van der Waals surface area contributed by atoms with Gasteiger partial charge in [-0.3, -0.25) is 0 Å². The molecule has 20 heavy (non-hydrogen) atoms. The Morgan fingerprint density at radius 3 is 1.90 bits per heavy atom. The fourth-order valence-electron chi connectivity index (χ4n) is 1.40. The number of aryl methyl sites for hydroxylation is 2. The Labute approximate surface area is 128 Å². The molecule has 2 aromatic rings. The zero-order chi connectivity index (χ0) is 15.2. The number of halogens is 1. The van der Waals surface area contributed by atoms with Crippen LogP contribution >= 0.6 is 11.6 Å². The van der Waals surface area contributed by atoms with Crippen molar-refractivity contribution in [2.75, 3.05) is 12.5 Å². The predicted octanol–water partition coefficient (Wildman–Crippen LogP) is 5.63. The van der Waals surface area contributed by atoms with Gasteiger partial charge in [0.15, 0.2) is 0 Å². The number of ether oxygens (including phenoxy) is 1.